The highest BCUT2D eigenvalue weighted by Crippen LogP contribution is 2.23. The van der Waals surface area contributed by atoms with Crippen LogP contribution in [0.2, 0.25) is 5.02 Å². The largest absolute Gasteiger partial charge is 0.352 e. The van der Waals surface area contributed by atoms with Gasteiger partial charge in [-0.05, 0) is 49.1 Å². The second-order valence-corrected chi connectivity index (χ2v) is 7.41. The van der Waals surface area contributed by atoms with E-state index >= 15 is 0 Å². The number of carbonyl (C=O) groups excluding carboxylic acids is 2. The summed E-state index contributed by atoms with van der Waals surface area (Å²) in [5.74, 6) is -0.677. The van der Waals surface area contributed by atoms with Crippen LogP contribution in [-0.4, -0.2) is 41.4 Å². The van der Waals surface area contributed by atoms with Gasteiger partial charge in [-0.1, -0.05) is 11.6 Å². The number of piperidine rings is 1. The number of carbonyl (C=O) groups is 2. The highest BCUT2D eigenvalue weighted by Gasteiger charge is 2.24. The molecule has 0 unspecified atom stereocenters. The van der Waals surface area contributed by atoms with Gasteiger partial charge in [-0.3, -0.25) is 14.9 Å². The zero-order valence-electron chi connectivity index (χ0n) is 15.9. The number of rotatable bonds is 5. The Balaban J connectivity index is 1.47. The summed E-state index contributed by atoms with van der Waals surface area (Å²) in [6, 6.07) is 9.01. The average Bonchev–Trinajstić information content (AvgIpc) is 2.74. The van der Waals surface area contributed by atoms with Crippen molar-refractivity contribution in [3.63, 3.8) is 0 Å². The Labute approximate surface area is 177 Å². The summed E-state index contributed by atoms with van der Waals surface area (Å²) >= 11 is 5.99. The van der Waals surface area contributed by atoms with Crippen molar-refractivity contribution in [1.29, 1.82) is 0 Å². The number of nitrogens with zero attached hydrogens (tertiary/aromatic N) is 2. The van der Waals surface area contributed by atoms with Gasteiger partial charge in [-0.2, -0.15) is 0 Å². The molecule has 2 N–H and O–H groups in total. The van der Waals surface area contributed by atoms with Crippen LogP contribution in [0.5, 0.6) is 0 Å². The lowest BCUT2D eigenvalue weighted by molar-refractivity contribution is -0.384. The van der Waals surface area contributed by atoms with E-state index in [0.717, 1.165) is 6.07 Å². The maximum atomic E-state index is 12.9. The van der Waals surface area contributed by atoms with Gasteiger partial charge in [0.2, 0.25) is 0 Å². The average molecular weight is 435 g/mol. The number of nitro benzene ring substituents is 1. The summed E-state index contributed by atoms with van der Waals surface area (Å²) in [4.78, 5) is 36.6. The number of anilines is 1. The maximum Gasteiger partial charge on any atom is 0.321 e. The minimum atomic E-state index is -0.584. The number of urea groups is 1. The molecule has 0 spiro atoms. The molecule has 1 saturated heterocycles. The molecule has 0 aliphatic carbocycles. The molecule has 0 atom stereocenters. The highest BCUT2D eigenvalue weighted by molar-refractivity contribution is 6.33. The van der Waals surface area contributed by atoms with Crippen molar-refractivity contribution in [1.82, 2.24) is 10.2 Å². The Morgan fingerprint density at radius 3 is 2.47 bits per heavy atom. The van der Waals surface area contributed by atoms with Gasteiger partial charge in [-0.25, -0.2) is 9.18 Å². The van der Waals surface area contributed by atoms with E-state index in [4.69, 9.17) is 11.6 Å². The lowest BCUT2D eigenvalue weighted by Gasteiger charge is -2.32. The molecule has 0 saturated carbocycles. The molecule has 30 heavy (non-hydrogen) atoms. The fraction of sp³-hybridized carbons (Fsp3) is 0.300. The first-order valence-electron chi connectivity index (χ1n) is 9.37. The van der Waals surface area contributed by atoms with Gasteiger partial charge in [-0.15, -0.1) is 0 Å². The summed E-state index contributed by atoms with van der Waals surface area (Å²) in [6.07, 6.45) is 1.39. The van der Waals surface area contributed by atoms with E-state index in [1.807, 2.05) is 0 Å². The summed E-state index contributed by atoms with van der Waals surface area (Å²) in [5.41, 5.74) is 0.372. The molecule has 2 aromatic carbocycles. The van der Waals surface area contributed by atoms with Gasteiger partial charge in [0.05, 0.1) is 15.5 Å². The first kappa shape index (κ1) is 21.5. The normalized spacial score (nSPS) is 14.3. The van der Waals surface area contributed by atoms with Crippen molar-refractivity contribution in [3.8, 4) is 0 Å². The van der Waals surface area contributed by atoms with Crippen molar-refractivity contribution in [2.45, 2.75) is 12.8 Å². The van der Waals surface area contributed by atoms with Crippen molar-refractivity contribution in [3.05, 3.63) is 69.0 Å². The molecular formula is C20H20ClFN4O4. The number of benzene rings is 2. The molecule has 1 aliphatic rings. The van der Waals surface area contributed by atoms with E-state index in [-0.39, 0.29) is 34.0 Å². The van der Waals surface area contributed by atoms with Crippen LogP contribution in [0.4, 0.5) is 20.6 Å². The van der Waals surface area contributed by atoms with Gasteiger partial charge >= 0.3 is 6.03 Å². The summed E-state index contributed by atoms with van der Waals surface area (Å²) in [7, 11) is 0. The van der Waals surface area contributed by atoms with E-state index < -0.39 is 10.8 Å². The Morgan fingerprint density at radius 1 is 1.17 bits per heavy atom. The molecule has 3 amide bonds. The summed E-state index contributed by atoms with van der Waals surface area (Å²) < 4.78 is 12.9. The number of nitrogens with one attached hydrogen (secondary N) is 2. The standard InChI is InChI=1S/C20H20ClFN4O4/c21-18-6-5-16(26(29)30)11-17(18)19(27)23-12-13-7-9-25(10-8-13)20(28)24-15-3-1-14(22)2-4-15/h1-6,11,13H,7-10,12H2,(H,23,27)(H,24,28). The second kappa shape index (κ2) is 9.53. The molecule has 3 rings (SSSR count). The molecule has 1 heterocycles. The van der Waals surface area contributed by atoms with E-state index in [0.29, 0.717) is 38.2 Å². The Hall–Kier alpha value is -3.20. The van der Waals surface area contributed by atoms with Crippen LogP contribution in [0.1, 0.15) is 23.2 Å². The number of amides is 3. The van der Waals surface area contributed by atoms with E-state index in [2.05, 4.69) is 10.6 Å². The van der Waals surface area contributed by atoms with E-state index in [1.54, 1.807) is 4.90 Å². The van der Waals surface area contributed by atoms with Gasteiger partial charge in [0.25, 0.3) is 11.6 Å². The van der Waals surface area contributed by atoms with Crippen molar-refractivity contribution in [2.24, 2.45) is 5.92 Å². The van der Waals surface area contributed by atoms with E-state index in [9.17, 15) is 24.1 Å². The number of hydrogen-bond acceptors (Lipinski definition) is 4. The molecule has 1 aliphatic heterocycles. The van der Waals surface area contributed by atoms with Crippen LogP contribution in [-0.2, 0) is 0 Å². The highest BCUT2D eigenvalue weighted by atomic mass is 35.5. The molecule has 1 fully saturated rings. The monoisotopic (exact) mass is 434 g/mol. The van der Waals surface area contributed by atoms with E-state index in [1.165, 1.54) is 36.4 Å². The number of hydrogen-bond donors (Lipinski definition) is 2. The van der Waals surface area contributed by atoms with Crippen LogP contribution in [0.3, 0.4) is 0 Å². The molecule has 0 aromatic heterocycles. The SMILES string of the molecule is O=C(NCC1CCN(C(=O)Nc2ccc(F)cc2)CC1)c1cc([N+](=O)[O-])ccc1Cl. The van der Waals surface area contributed by atoms with Gasteiger partial charge < -0.3 is 15.5 Å². The molecular weight excluding hydrogens is 415 g/mol. The van der Waals surface area contributed by atoms with Crippen LogP contribution in [0.25, 0.3) is 0 Å². The van der Waals surface area contributed by atoms with Crippen LogP contribution in [0.15, 0.2) is 42.5 Å². The second-order valence-electron chi connectivity index (χ2n) is 7.00. The van der Waals surface area contributed by atoms with Gasteiger partial charge in [0.15, 0.2) is 0 Å². The molecule has 0 radical (unpaired) electrons. The minimum absolute atomic E-state index is 0.0574. The third-order valence-electron chi connectivity index (χ3n) is 4.95. The quantitative estimate of drug-likeness (QED) is 0.546. The third kappa shape index (κ3) is 5.44. The van der Waals surface area contributed by atoms with Crippen molar-refractivity contribution < 1.29 is 18.9 Å². The van der Waals surface area contributed by atoms with Gasteiger partial charge in [0, 0.05) is 37.5 Å². The fourth-order valence-electron chi connectivity index (χ4n) is 3.21. The number of halogens is 2. The maximum absolute atomic E-state index is 12.9. The van der Waals surface area contributed by atoms with Crippen molar-refractivity contribution in [2.75, 3.05) is 25.0 Å². The number of likely N-dealkylation sites (tertiary alicyclic amines) is 1. The Kier molecular flexibility index (Phi) is 6.83. The summed E-state index contributed by atoms with van der Waals surface area (Å²) in [5, 5.41) is 16.5. The number of non-ortho nitro benzene ring substituents is 1. The predicted molar refractivity (Wildman–Crippen MR) is 110 cm³/mol. The number of nitro groups is 1. The predicted octanol–water partition coefficient (Wildman–Crippen LogP) is 4.06. The van der Waals surface area contributed by atoms with Crippen molar-refractivity contribution >= 4 is 34.9 Å². The fourth-order valence-corrected chi connectivity index (χ4v) is 3.41. The molecule has 10 heteroatoms. The van der Waals surface area contributed by atoms with Crippen LogP contribution in [0, 0.1) is 21.8 Å². The topological polar surface area (TPSA) is 105 Å². The molecule has 0 bridgehead atoms. The van der Waals surface area contributed by atoms with Crippen LogP contribution < -0.4 is 10.6 Å². The lowest BCUT2D eigenvalue weighted by atomic mass is 9.97. The zero-order valence-corrected chi connectivity index (χ0v) is 16.7. The zero-order chi connectivity index (χ0) is 21.7. The van der Waals surface area contributed by atoms with Crippen LogP contribution >= 0.6 is 11.6 Å². The smallest absolute Gasteiger partial charge is 0.321 e. The Bertz CT molecular complexity index is 946. The first-order chi connectivity index (χ1) is 14.3. The minimum Gasteiger partial charge on any atom is -0.352 e. The third-order valence-corrected chi connectivity index (χ3v) is 5.28. The van der Waals surface area contributed by atoms with Gasteiger partial charge in [0.1, 0.15) is 5.82 Å². The Morgan fingerprint density at radius 2 is 1.83 bits per heavy atom. The summed E-state index contributed by atoms with van der Waals surface area (Å²) in [6.45, 7) is 1.42. The molecule has 2 aromatic rings. The first-order valence-corrected chi connectivity index (χ1v) is 9.75. The molecule has 8 nitrogen and oxygen atoms in total. The molecule has 158 valence electrons. The lowest BCUT2D eigenvalue weighted by Crippen LogP contribution is -2.43.